The number of morpholine rings is 1. The summed E-state index contributed by atoms with van der Waals surface area (Å²) >= 11 is 0. The Bertz CT molecular complexity index is 1260. The molecular formula is C30H37F6N3O4. The average Bonchev–Trinajstić information content (AvgIpc) is 2.94. The molecule has 2 saturated heterocycles. The van der Waals surface area contributed by atoms with E-state index in [1.807, 2.05) is 13.8 Å². The molecule has 2 aliphatic rings. The van der Waals surface area contributed by atoms with Crippen LogP contribution in [-0.2, 0) is 23.5 Å². The Labute approximate surface area is 247 Å². The predicted octanol–water partition coefficient (Wildman–Crippen LogP) is 5.22. The van der Waals surface area contributed by atoms with E-state index >= 15 is 0 Å². The van der Waals surface area contributed by atoms with Crippen LogP contribution in [0.2, 0.25) is 0 Å². The molecular weight excluding hydrogens is 580 g/mol. The number of halogens is 6. The minimum atomic E-state index is -4.69. The first-order valence-corrected chi connectivity index (χ1v) is 14.1. The number of amides is 1. The second kappa shape index (κ2) is 13.3. The monoisotopic (exact) mass is 617 g/mol. The van der Waals surface area contributed by atoms with Crippen LogP contribution in [0.5, 0.6) is 11.5 Å². The van der Waals surface area contributed by atoms with Crippen molar-refractivity contribution in [1.29, 1.82) is 0 Å². The van der Waals surface area contributed by atoms with Crippen molar-refractivity contribution in [2.24, 2.45) is 0 Å². The first-order chi connectivity index (χ1) is 20.2. The van der Waals surface area contributed by atoms with E-state index in [1.165, 1.54) is 30.2 Å². The van der Waals surface area contributed by atoms with Crippen molar-refractivity contribution < 1.29 is 45.3 Å². The third kappa shape index (κ3) is 8.33. The van der Waals surface area contributed by atoms with Crippen LogP contribution in [0.4, 0.5) is 26.3 Å². The zero-order valence-electron chi connectivity index (χ0n) is 24.6. The van der Waals surface area contributed by atoms with Crippen molar-refractivity contribution in [2.45, 2.75) is 50.9 Å². The number of piperazine rings is 1. The Hall–Kier alpha value is -3.03. The standard InChI is InChI=1S/C30H37F6N3O4/c1-19-16-38(17-20(2)43-19)8-7-37-9-10-39(28(40)22-13-23(29(31,32)33)15-25(14-22)41-3)24(18-37)11-21-5-6-26(30(34,35)36)27(12-21)42-4/h5-6,12-15,19-20,24H,7-11,16-18H2,1-4H3/t19?,20?,24-/m1/s1. The molecule has 0 radical (unpaired) electrons. The number of alkyl halides is 6. The highest BCUT2D eigenvalue weighted by atomic mass is 19.4. The highest BCUT2D eigenvalue weighted by Gasteiger charge is 2.37. The third-order valence-electron chi connectivity index (χ3n) is 7.81. The van der Waals surface area contributed by atoms with Gasteiger partial charge in [-0.15, -0.1) is 0 Å². The Kier molecular flexibility index (Phi) is 10.2. The predicted molar refractivity (Wildman–Crippen MR) is 147 cm³/mol. The van der Waals surface area contributed by atoms with Crippen molar-refractivity contribution in [2.75, 3.05) is 60.0 Å². The van der Waals surface area contributed by atoms with E-state index in [-0.39, 0.29) is 42.2 Å². The summed E-state index contributed by atoms with van der Waals surface area (Å²) in [5.41, 5.74) is -1.59. The molecule has 7 nitrogen and oxygen atoms in total. The van der Waals surface area contributed by atoms with Crippen molar-refractivity contribution in [1.82, 2.24) is 14.7 Å². The van der Waals surface area contributed by atoms with Gasteiger partial charge in [-0.1, -0.05) is 6.07 Å². The van der Waals surface area contributed by atoms with Gasteiger partial charge < -0.3 is 19.1 Å². The smallest absolute Gasteiger partial charge is 0.419 e. The summed E-state index contributed by atoms with van der Waals surface area (Å²) in [6.07, 6.45) is -8.91. The lowest BCUT2D eigenvalue weighted by Gasteiger charge is -2.43. The molecule has 0 saturated carbocycles. The van der Waals surface area contributed by atoms with Crippen LogP contribution in [0.1, 0.15) is 40.9 Å². The normalized spacial score (nSPS) is 22.5. The van der Waals surface area contributed by atoms with E-state index in [9.17, 15) is 31.1 Å². The Morgan fingerprint density at radius 2 is 1.53 bits per heavy atom. The molecule has 2 aromatic rings. The lowest BCUT2D eigenvalue weighted by molar-refractivity contribution is -0.139. The minimum Gasteiger partial charge on any atom is -0.497 e. The van der Waals surface area contributed by atoms with Gasteiger partial charge in [0.1, 0.15) is 11.5 Å². The fourth-order valence-electron chi connectivity index (χ4n) is 5.85. The fraction of sp³-hybridized carbons (Fsp3) is 0.567. The van der Waals surface area contributed by atoms with Gasteiger partial charge in [0.05, 0.1) is 37.6 Å². The number of carbonyl (C=O) groups is 1. The molecule has 0 spiro atoms. The number of rotatable bonds is 8. The topological polar surface area (TPSA) is 54.5 Å². The number of methoxy groups -OCH3 is 2. The summed E-state index contributed by atoms with van der Waals surface area (Å²) in [6, 6.07) is 5.96. The van der Waals surface area contributed by atoms with E-state index in [0.29, 0.717) is 25.2 Å². The molecule has 0 N–H and O–H groups in total. The summed E-state index contributed by atoms with van der Waals surface area (Å²) < 4.78 is 97.0. The molecule has 238 valence electrons. The van der Waals surface area contributed by atoms with E-state index in [0.717, 1.165) is 44.9 Å². The van der Waals surface area contributed by atoms with Gasteiger partial charge in [0, 0.05) is 57.4 Å². The van der Waals surface area contributed by atoms with E-state index in [4.69, 9.17) is 14.2 Å². The zero-order valence-corrected chi connectivity index (χ0v) is 24.6. The third-order valence-corrected chi connectivity index (χ3v) is 7.81. The van der Waals surface area contributed by atoms with Crippen LogP contribution >= 0.6 is 0 Å². The Morgan fingerprint density at radius 3 is 2.14 bits per heavy atom. The van der Waals surface area contributed by atoms with Crippen LogP contribution in [0, 0.1) is 0 Å². The highest BCUT2D eigenvalue weighted by molar-refractivity contribution is 5.95. The molecule has 0 bridgehead atoms. The summed E-state index contributed by atoms with van der Waals surface area (Å²) in [5.74, 6) is -1.05. The van der Waals surface area contributed by atoms with Crippen LogP contribution in [0.3, 0.4) is 0 Å². The quantitative estimate of drug-likeness (QED) is 0.379. The molecule has 2 aliphatic heterocycles. The van der Waals surface area contributed by atoms with Crippen LogP contribution in [0.25, 0.3) is 0 Å². The van der Waals surface area contributed by atoms with Crippen LogP contribution in [0.15, 0.2) is 36.4 Å². The molecule has 2 heterocycles. The molecule has 3 atom stereocenters. The number of benzene rings is 2. The van der Waals surface area contributed by atoms with Crippen LogP contribution < -0.4 is 9.47 Å². The van der Waals surface area contributed by atoms with Crippen molar-refractivity contribution >= 4 is 5.91 Å². The lowest BCUT2D eigenvalue weighted by atomic mass is 9.98. The van der Waals surface area contributed by atoms with Gasteiger partial charge in [0.25, 0.3) is 5.91 Å². The second-order valence-electron chi connectivity index (χ2n) is 11.2. The van der Waals surface area contributed by atoms with Gasteiger partial charge >= 0.3 is 12.4 Å². The number of hydrogen-bond acceptors (Lipinski definition) is 6. The van der Waals surface area contributed by atoms with Crippen molar-refractivity contribution in [3.05, 3.63) is 58.7 Å². The number of hydrogen-bond donors (Lipinski definition) is 0. The maximum Gasteiger partial charge on any atom is 0.419 e. The number of ether oxygens (including phenoxy) is 3. The molecule has 4 rings (SSSR count). The number of nitrogens with zero attached hydrogens (tertiary/aromatic N) is 3. The first kappa shape index (κ1) is 32.9. The van der Waals surface area contributed by atoms with E-state index < -0.39 is 35.4 Å². The first-order valence-electron chi connectivity index (χ1n) is 14.1. The maximum absolute atomic E-state index is 13.7. The molecule has 2 unspecified atom stereocenters. The van der Waals surface area contributed by atoms with Gasteiger partial charge in [-0.2, -0.15) is 26.3 Å². The molecule has 43 heavy (non-hydrogen) atoms. The summed E-state index contributed by atoms with van der Waals surface area (Å²) in [6.45, 7) is 8.17. The second-order valence-corrected chi connectivity index (χ2v) is 11.2. The summed E-state index contributed by atoms with van der Waals surface area (Å²) in [5, 5.41) is 0. The average molecular weight is 618 g/mol. The highest BCUT2D eigenvalue weighted by Crippen LogP contribution is 2.37. The van der Waals surface area contributed by atoms with Gasteiger partial charge in [-0.3, -0.25) is 14.6 Å². The summed E-state index contributed by atoms with van der Waals surface area (Å²) in [7, 11) is 2.38. The van der Waals surface area contributed by atoms with Gasteiger partial charge in [-0.25, -0.2) is 0 Å². The molecule has 0 aromatic heterocycles. The van der Waals surface area contributed by atoms with Gasteiger partial charge in [0.15, 0.2) is 0 Å². The molecule has 0 aliphatic carbocycles. The minimum absolute atomic E-state index is 0.102. The van der Waals surface area contributed by atoms with E-state index in [2.05, 4.69) is 9.80 Å². The molecule has 1 amide bonds. The van der Waals surface area contributed by atoms with Crippen molar-refractivity contribution in [3.8, 4) is 11.5 Å². The van der Waals surface area contributed by atoms with Crippen LogP contribution in [-0.4, -0.2) is 98.9 Å². The Balaban J connectivity index is 1.59. The van der Waals surface area contributed by atoms with Crippen molar-refractivity contribution in [3.63, 3.8) is 0 Å². The Morgan fingerprint density at radius 1 is 0.860 bits per heavy atom. The van der Waals surface area contributed by atoms with Gasteiger partial charge in [0.2, 0.25) is 0 Å². The number of carbonyl (C=O) groups excluding carboxylic acids is 1. The maximum atomic E-state index is 13.7. The molecule has 13 heteroatoms. The largest absolute Gasteiger partial charge is 0.497 e. The SMILES string of the molecule is COc1cc(C(=O)N2CCN(CCN3CC(C)OC(C)C3)C[C@H]2Cc2ccc(C(F)(F)F)c(OC)c2)cc(C(F)(F)F)c1. The zero-order chi connectivity index (χ0) is 31.5. The molecule has 2 aromatic carbocycles. The fourth-order valence-corrected chi connectivity index (χ4v) is 5.85. The lowest BCUT2D eigenvalue weighted by Crippen LogP contribution is -2.57. The van der Waals surface area contributed by atoms with E-state index in [1.54, 1.807) is 0 Å². The summed E-state index contributed by atoms with van der Waals surface area (Å²) in [4.78, 5) is 19.7. The van der Waals surface area contributed by atoms with Gasteiger partial charge in [-0.05, 0) is 56.2 Å². The molecule has 2 fully saturated rings.